The monoisotopic (exact) mass is 236 g/mol. The lowest BCUT2D eigenvalue weighted by Crippen LogP contribution is -2.29. The second-order valence-electron chi connectivity index (χ2n) is 5.20. The summed E-state index contributed by atoms with van der Waals surface area (Å²) in [6.07, 6.45) is 8.08. The average molecular weight is 236 g/mol. The third-order valence-electron chi connectivity index (χ3n) is 3.92. The molecule has 2 aliphatic rings. The maximum atomic E-state index is 4.77. The van der Waals surface area contributed by atoms with Crippen molar-refractivity contribution in [3.63, 3.8) is 0 Å². The Hall–Kier alpha value is -0.410. The molecule has 16 heavy (non-hydrogen) atoms. The van der Waals surface area contributed by atoms with Gasteiger partial charge in [0.25, 0.3) is 0 Å². The minimum Gasteiger partial charge on any atom is -0.308 e. The Balaban J connectivity index is 1.57. The number of aryl methyl sites for hydroxylation is 2. The Labute approximate surface area is 101 Å². The first-order valence-corrected chi connectivity index (χ1v) is 7.36. The van der Waals surface area contributed by atoms with Gasteiger partial charge >= 0.3 is 0 Å². The molecule has 0 radical (unpaired) electrons. The second kappa shape index (κ2) is 4.46. The summed E-state index contributed by atoms with van der Waals surface area (Å²) in [4.78, 5) is 6.32. The summed E-state index contributed by atoms with van der Waals surface area (Å²) in [6.45, 7) is 3.44. The van der Waals surface area contributed by atoms with Crippen molar-refractivity contribution in [1.82, 2.24) is 10.3 Å². The molecule has 0 aromatic carbocycles. The van der Waals surface area contributed by atoms with E-state index in [1.807, 2.05) is 11.3 Å². The lowest BCUT2D eigenvalue weighted by atomic mass is 9.85. The van der Waals surface area contributed by atoms with Crippen LogP contribution in [-0.4, -0.2) is 11.5 Å². The summed E-state index contributed by atoms with van der Waals surface area (Å²) in [5.74, 6) is 0.939. The molecule has 1 saturated carbocycles. The van der Waals surface area contributed by atoms with E-state index in [0.717, 1.165) is 5.92 Å². The fourth-order valence-corrected chi connectivity index (χ4v) is 3.70. The SMILES string of the molecule is CC(NCC1CCC1)c1nc2c(s1)CCC2. The van der Waals surface area contributed by atoms with Crippen molar-refractivity contribution in [1.29, 1.82) is 0 Å². The number of hydrogen-bond donors (Lipinski definition) is 1. The molecule has 0 bridgehead atoms. The molecule has 0 saturated heterocycles. The zero-order valence-electron chi connectivity index (χ0n) is 9.96. The van der Waals surface area contributed by atoms with E-state index in [1.165, 1.54) is 55.8 Å². The summed E-state index contributed by atoms with van der Waals surface area (Å²) in [5.41, 5.74) is 1.39. The minimum absolute atomic E-state index is 0.455. The molecule has 2 aliphatic carbocycles. The van der Waals surface area contributed by atoms with E-state index in [4.69, 9.17) is 4.98 Å². The largest absolute Gasteiger partial charge is 0.308 e. The highest BCUT2D eigenvalue weighted by Gasteiger charge is 2.21. The third kappa shape index (κ3) is 2.03. The molecule has 0 spiro atoms. The van der Waals surface area contributed by atoms with Crippen molar-refractivity contribution >= 4 is 11.3 Å². The highest BCUT2D eigenvalue weighted by molar-refractivity contribution is 7.11. The maximum absolute atomic E-state index is 4.77. The Morgan fingerprint density at radius 1 is 1.38 bits per heavy atom. The molecular weight excluding hydrogens is 216 g/mol. The van der Waals surface area contributed by atoms with Gasteiger partial charge in [-0.05, 0) is 51.5 Å². The molecule has 2 nitrogen and oxygen atoms in total. The first-order chi connectivity index (χ1) is 7.83. The van der Waals surface area contributed by atoms with Crippen LogP contribution in [0.4, 0.5) is 0 Å². The van der Waals surface area contributed by atoms with Gasteiger partial charge in [-0.25, -0.2) is 4.98 Å². The molecule has 0 amide bonds. The Morgan fingerprint density at radius 3 is 2.94 bits per heavy atom. The summed E-state index contributed by atoms with van der Waals surface area (Å²) in [6, 6.07) is 0.455. The highest BCUT2D eigenvalue weighted by Crippen LogP contribution is 2.31. The van der Waals surface area contributed by atoms with Gasteiger partial charge in [-0.1, -0.05) is 6.42 Å². The van der Waals surface area contributed by atoms with Gasteiger partial charge in [0.15, 0.2) is 0 Å². The van der Waals surface area contributed by atoms with Gasteiger partial charge < -0.3 is 5.32 Å². The molecule has 3 rings (SSSR count). The lowest BCUT2D eigenvalue weighted by molar-refractivity contribution is 0.292. The zero-order chi connectivity index (χ0) is 11.0. The van der Waals surface area contributed by atoms with Crippen LogP contribution in [0.1, 0.15) is 54.2 Å². The third-order valence-corrected chi connectivity index (χ3v) is 5.26. The molecule has 1 unspecified atom stereocenters. The number of hydrogen-bond acceptors (Lipinski definition) is 3. The summed E-state index contributed by atoms with van der Waals surface area (Å²) < 4.78 is 0. The summed E-state index contributed by atoms with van der Waals surface area (Å²) >= 11 is 1.93. The number of thiazole rings is 1. The highest BCUT2D eigenvalue weighted by atomic mass is 32.1. The predicted molar refractivity (Wildman–Crippen MR) is 67.9 cm³/mol. The van der Waals surface area contributed by atoms with Gasteiger partial charge in [-0.3, -0.25) is 0 Å². The molecule has 1 N–H and O–H groups in total. The fraction of sp³-hybridized carbons (Fsp3) is 0.769. The minimum atomic E-state index is 0.455. The molecule has 1 fully saturated rings. The normalized spacial score (nSPS) is 21.8. The van der Waals surface area contributed by atoms with E-state index in [9.17, 15) is 0 Å². The van der Waals surface area contributed by atoms with Gasteiger partial charge in [0.1, 0.15) is 5.01 Å². The van der Waals surface area contributed by atoms with Crippen LogP contribution in [0.25, 0.3) is 0 Å². The van der Waals surface area contributed by atoms with E-state index in [2.05, 4.69) is 12.2 Å². The van der Waals surface area contributed by atoms with Gasteiger partial charge in [0.2, 0.25) is 0 Å². The van der Waals surface area contributed by atoms with Crippen LogP contribution in [0, 0.1) is 5.92 Å². The van der Waals surface area contributed by atoms with E-state index in [0.29, 0.717) is 6.04 Å². The van der Waals surface area contributed by atoms with Gasteiger partial charge in [0, 0.05) is 4.88 Å². The standard InChI is InChI=1S/C13H20N2S/c1-9(14-8-10-4-2-5-10)13-15-11-6-3-7-12(11)16-13/h9-10,14H,2-8H2,1H3. The average Bonchev–Trinajstić information content (AvgIpc) is 2.73. The molecule has 1 aromatic rings. The van der Waals surface area contributed by atoms with Crippen LogP contribution in [0.15, 0.2) is 0 Å². The summed E-state index contributed by atoms with van der Waals surface area (Å²) in [7, 11) is 0. The van der Waals surface area contributed by atoms with E-state index in [1.54, 1.807) is 4.88 Å². The Bertz CT molecular complexity index is 347. The number of nitrogens with zero attached hydrogens (tertiary/aromatic N) is 1. The maximum Gasteiger partial charge on any atom is 0.110 e. The summed E-state index contributed by atoms with van der Waals surface area (Å²) in [5, 5.41) is 4.95. The van der Waals surface area contributed by atoms with Crippen LogP contribution in [0.2, 0.25) is 0 Å². The van der Waals surface area contributed by atoms with E-state index < -0.39 is 0 Å². The molecule has 1 heterocycles. The van der Waals surface area contributed by atoms with Crippen molar-refractivity contribution < 1.29 is 0 Å². The predicted octanol–water partition coefficient (Wildman–Crippen LogP) is 3.08. The fourth-order valence-electron chi connectivity index (χ4n) is 2.52. The Kier molecular flexibility index (Phi) is 2.99. The molecular formula is C13H20N2S. The van der Waals surface area contributed by atoms with Crippen molar-refractivity contribution in [3.05, 3.63) is 15.6 Å². The number of fused-ring (bicyclic) bond motifs is 1. The smallest absolute Gasteiger partial charge is 0.110 e. The Morgan fingerprint density at radius 2 is 2.25 bits per heavy atom. The van der Waals surface area contributed by atoms with Gasteiger partial charge in [-0.15, -0.1) is 11.3 Å². The van der Waals surface area contributed by atoms with Gasteiger partial charge in [-0.2, -0.15) is 0 Å². The quantitative estimate of drug-likeness (QED) is 0.869. The van der Waals surface area contributed by atoms with Crippen LogP contribution >= 0.6 is 11.3 Å². The number of aromatic nitrogens is 1. The van der Waals surface area contributed by atoms with E-state index in [-0.39, 0.29) is 0 Å². The topological polar surface area (TPSA) is 24.9 Å². The first kappa shape index (κ1) is 10.7. The first-order valence-electron chi connectivity index (χ1n) is 6.55. The molecule has 3 heteroatoms. The van der Waals surface area contributed by atoms with E-state index >= 15 is 0 Å². The van der Waals surface area contributed by atoms with Crippen LogP contribution in [0.3, 0.4) is 0 Å². The lowest BCUT2D eigenvalue weighted by Gasteiger charge is -2.26. The van der Waals surface area contributed by atoms with Crippen LogP contribution in [-0.2, 0) is 12.8 Å². The molecule has 88 valence electrons. The molecule has 0 aliphatic heterocycles. The number of rotatable bonds is 4. The molecule has 1 atom stereocenters. The van der Waals surface area contributed by atoms with Crippen LogP contribution < -0.4 is 5.32 Å². The molecule has 1 aromatic heterocycles. The van der Waals surface area contributed by atoms with Gasteiger partial charge in [0.05, 0.1) is 11.7 Å². The van der Waals surface area contributed by atoms with Crippen molar-refractivity contribution in [2.75, 3.05) is 6.54 Å². The number of nitrogens with one attached hydrogen (secondary N) is 1. The van der Waals surface area contributed by atoms with Crippen molar-refractivity contribution in [2.45, 2.75) is 51.5 Å². The second-order valence-corrected chi connectivity index (χ2v) is 6.32. The zero-order valence-corrected chi connectivity index (χ0v) is 10.8. The van der Waals surface area contributed by atoms with Crippen LogP contribution in [0.5, 0.6) is 0 Å². The van der Waals surface area contributed by atoms with Crippen molar-refractivity contribution in [2.24, 2.45) is 5.92 Å². The van der Waals surface area contributed by atoms with Crippen molar-refractivity contribution in [3.8, 4) is 0 Å².